The van der Waals surface area contributed by atoms with Crippen molar-refractivity contribution in [1.29, 1.82) is 0 Å². The molecule has 2 N–H and O–H groups in total. The van der Waals surface area contributed by atoms with E-state index < -0.39 is 0 Å². The number of aliphatic imine (C=N–C) groups is 1. The molecule has 5 heteroatoms. The topological polar surface area (TPSA) is 39.7 Å². The molecule has 4 nitrogen and oxygen atoms in total. The quantitative estimate of drug-likeness (QED) is 0.532. The van der Waals surface area contributed by atoms with Crippen LogP contribution in [0.2, 0.25) is 0 Å². The van der Waals surface area contributed by atoms with Crippen LogP contribution >= 0.6 is 11.8 Å². The summed E-state index contributed by atoms with van der Waals surface area (Å²) in [7, 11) is 0. The third kappa shape index (κ3) is 6.35. The van der Waals surface area contributed by atoms with Crippen LogP contribution in [0.15, 0.2) is 4.99 Å². The minimum Gasteiger partial charge on any atom is -0.357 e. The number of rotatable bonds is 8. The van der Waals surface area contributed by atoms with E-state index in [9.17, 15) is 0 Å². The maximum absolute atomic E-state index is 4.73. The van der Waals surface area contributed by atoms with Crippen molar-refractivity contribution in [3.05, 3.63) is 0 Å². The lowest BCUT2D eigenvalue weighted by Crippen LogP contribution is -2.42. The fraction of sp³-hybridized carbons (Fsp3) is 0.933. The lowest BCUT2D eigenvalue weighted by Gasteiger charge is -2.25. The van der Waals surface area contributed by atoms with Gasteiger partial charge in [-0.1, -0.05) is 13.8 Å². The van der Waals surface area contributed by atoms with Gasteiger partial charge in [-0.15, -0.1) is 0 Å². The van der Waals surface area contributed by atoms with Crippen molar-refractivity contribution in [3.63, 3.8) is 0 Å². The molecule has 0 aliphatic carbocycles. The Labute approximate surface area is 129 Å². The molecule has 0 radical (unpaired) electrons. The van der Waals surface area contributed by atoms with Crippen LogP contribution in [-0.4, -0.2) is 60.6 Å². The van der Waals surface area contributed by atoms with Crippen LogP contribution in [0.5, 0.6) is 0 Å². The molecular formula is C15H32N4S. The highest BCUT2D eigenvalue weighted by molar-refractivity contribution is 8.00. The summed E-state index contributed by atoms with van der Waals surface area (Å²) >= 11 is 2.09. The van der Waals surface area contributed by atoms with Crippen molar-refractivity contribution >= 4 is 17.7 Å². The van der Waals surface area contributed by atoms with Crippen LogP contribution in [0.25, 0.3) is 0 Å². The standard InChI is InChI=1S/C15H32N4S/c1-5-16-15(18-12-14-9-8-10-20-14)17-11-13(4)19(6-2)7-3/h13-14H,5-12H2,1-4H3,(H2,16,17,18). The fourth-order valence-corrected chi connectivity index (χ4v) is 3.74. The molecule has 1 fully saturated rings. The first-order valence-corrected chi connectivity index (χ1v) is 9.13. The number of thioether (sulfide) groups is 1. The Morgan fingerprint density at radius 1 is 1.30 bits per heavy atom. The molecule has 1 heterocycles. The maximum Gasteiger partial charge on any atom is 0.191 e. The number of guanidine groups is 1. The molecule has 1 aliphatic rings. The Morgan fingerprint density at radius 3 is 2.60 bits per heavy atom. The molecule has 2 unspecified atom stereocenters. The van der Waals surface area contributed by atoms with E-state index in [0.29, 0.717) is 6.04 Å². The van der Waals surface area contributed by atoms with Crippen molar-refractivity contribution in [2.45, 2.75) is 51.8 Å². The Morgan fingerprint density at radius 2 is 2.05 bits per heavy atom. The summed E-state index contributed by atoms with van der Waals surface area (Å²) in [5.74, 6) is 2.29. The monoisotopic (exact) mass is 300 g/mol. The summed E-state index contributed by atoms with van der Waals surface area (Å²) in [5.41, 5.74) is 0. The number of nitrogens with zero attached hydrogens (tertiary/aromatic N) is 2. The van der Waals surface area contributed by atoms with Gasteiger partial charge in [-0.25, -0.2) is 0 Å². The molecule has 0 aromatic carbocycles. The average molecular weight is 301 g/mol. The molecular weight excluding hydrogens is 268 g/mol. The van der Waals surface area contributed by atoms with Gasteiger partial charge in [0.25, 0.3) is 0 Å². The first-order chi connectivity index (χ1) is 9.71. The van der Waals surface area contributed by atoms with Crippen LogP contribution in [0.3, 0.4) is 0 Å². The first kappa shape index (κ1) is 17.6. The van der Waals surface area contributed by atoms with Crippen molar-refractivity contribution in [2.75, 3.05) is 38.5 Å². The van der Waals surface area contributed by atoms with Crippen molar-refractivity contribution in [2.24, 2.45) is 4.99 Å². The molecule has 0 amide bonds. The van der Waals surface area contributed by atoms with Crippen LogP contribution in [0, 0.1) is 0 Å². The lowest BCUT2D eigenvalue weighted by molar-refractivity contribution is 0.237. The minimum absolute atomic E-state index is 0.501. The number of hydrogen-bond donors (Lipinski definition) is 2. The third-order valence-electron chi connectivity index (χ3n) is 3.81. The molecule has 1 saturated heterocycles. The second-order valence-corrected chi connectivity index (χ2v) is 6.71. The van der Waals surface area contributed by atoms with Gasteiger partial charge in [0.1, 0.15) is 0 Å². The highest BCUT2D eigenvalue weighted by Gasteiger charge is 2.15. The van der Waals surface area contributed by atoms with Gasteiger partial charge in [0.15, 0.2) is 5.96 Å². The largest absolute Gasteiger partial charge is 0.357 e. The average Bonchev–Trinajstić information content (AvgIpc) is 2.96. The van der Waals surface area contributed by atoms with Crippen LogP contribution in [-0.2, 0) is 0 Å². The van der Waals surface area contributed by atoms with Gasteiger partial charge >= 0.3 is 0 Å². The van der Waals surface area contributed by atoms with Gasteiger partial charge in [0.05, 0.1) is 6.54 Å². The summed E-state index contributed by atoms with van der Waals surface area (Å²) in [4.78, 5) is 7.18. The third-order valence-corrected chi connectivity index (χ3v) is 5.21. The number of nitrogens with one attached hydrogen (secondary N) is 2. The highest BCUT2D eigenvalue weighted by Crippen LogP contribution is 2.25. The predicted octanol–water partition coefficient (Wildman–Crippen LogP) is 2.17. The van der Waals surface area contributed by atoms with E-state index in [0.717, 1.165) is 43.9 Å². The molecule has 118 valence electrons. The van der Waals surface area contributed by atoms with Gasteiger partial charge in [0, 0.05) is 24.4 Å². The van der Waals surface area contributed by atoms with E-state index in [1.807, 2.05) is 0 Å². The SMILES string of the molecule is CCNC(=NCC(C)N(CC)CC)NCC1CCCS1. The summed E-state index contributed by atoms with van der Waals surface area (Å²) in [6, 6.07) is 0.501. The summed E-state index contributed by atoms with van der Waals surface area (Å²) in [6.45, 7) is 13.8. The Bertz CT molecular complexity index is 273. The molecule has 0 saturated carbocycles. The van der Waals surface area contributed by atoms with Crippen LogP contribution < -0.4 is 10.6 Å². The highest BCUT2D eigenvalue weighted by atomic mass is 32.2. The van der Waals surface area contributed by atoms with Gasteiger partial charge in [-0.05, 0) is 45.5 Å². The summed E-state index contributed by atoms with van der Waals surface area (Å²) in [6.07, 6.45) is 2.70. The zero-order chi connectivity index (χ0) is 14.8. The number of likely N-dealkylation sites (N-methyl/N-ethyl adjacent to an activating group) is 1. The molecule has 20 heavy (non-hydrogen) atoms. The molecule has 1 rings (SSSR count). The zero-order valence-corrected chi connectivity index (χ0v) is 14.4. The van der Waals surface area contributed by atoms with E-state index in [-0.39, 0.29) is 0 Å². The van der Waals surface area contributed by atoms with Gasteiger partial charge < -0.3 is 10.6 Å². The van der Waals surface area contributed by atoms with E-state index in [1.165, 1.54) is 18.6 Å². The molecule has 2 atom stereocenters. The second-order valence-electron chi connectivity index (χ2n) is 5.31. The second kappa shape index (κ2) is 10.3. The normalized spacial score (nSPS) is 21.2. The fourth-order valence-electron chi connectivity index (χ4n) is 2.54. The van der Waals surface area contributed by atoms with Crippen molar-refractivity contribution in [1.82, 2.24) is 15.5 Å². The minimum atomic E-state index is 0.501. The van der Waals surface area contributed by atoms with Gasteiger partial charge in [-0.2, -0.15) is 11.8 Å². The molecule has 1 aliphatic heterocycles. The number of hydrogen-bond acceptors (Lipinski definition) is 3. The Balaban J connectivity index is 2.40. The Kier molecular flexibility index (Phi) is 9.10. The molecule has 0 aromatic heterocycles. The van der Waals surface area contributed by atoms with Crippen molar-refractivity contribution in [3.8, 4) is 0 Å². The van der Waals surface area contributed by atoms with E-state index >= 15 is 0 Å². The lowest BCUT2D eigenvalue weighted by atomic mass is 10.2. The molecule has 0 bridgehead atoms. The van der Waals surface area contributed by atoms with Gasteiger partial charge in [-0.3, -0.25) is 9.89 Å². The van der Waals surface area contributed by atoms with Crippen LogP contribution in [0.4, 0.5) is 0 Å². The van der Waals surface area contributed by atoms with Crippen molar-refractivity contribution < 1.29 is 0 Å². The Hall–Kier alpha value is -0.420. The maximum atomic E-state index is 4.73. The summed E-state index contributed by atoms with van der Waals surface area (Å²) in [5, 5.41) is 7.60. The van der Waals surface area contributed by atoms with E-state index in [1.54, 1.807) is 0 Å². The van der Waals surface area contributed by atoms with Crippen LogP contribution in [0.1, 0.15) is 40.5 Å². The van der Waals surface area contributed by atoms with E-state index in [4.69, 9.17) is 4.99 Å². The van der Waals surface area contributed by atoms with Gasteiger partial charge in [0.2, 0.25) is 0 Å². The molecule has 0 aromatic rings. The first-order valence-electron chi connectivity index (χ1n) is 8.09. The summed E-state index contributed by atoms with van der Waals surface area (Å²) < 4.78 is 0. The van der Waals surface area contributed by atoms with E-state index in [2.05, 4.69) is 55.0 Å². The predicted molar refractivity (Wildman–Crippen MR) is 91.8 cm³/mol. The zero-order valence-electron chi connectivity index (χ0n) is 13.6. The molecule has 0 spiro atoms. The smallest absolute Gasteiger partial charge is 0.191 e.